The van der Waals surface area contributed by atoms with E-state index in [0.717, 1.165) is 19.3 Å². The van der Waals surface area contributed by atoms with Crippen molar-refractivity contribution in [2.45, 2.75) is 57.6 Å². The molecule has 2 N–H and O–H groups in total. The van der Waals surface area contributed by atoms with Crippen LogP contribution >= 0.6 is 0 Å². The SMILES string of the molecule is CCCC(CC)NS(=O)(=O)c1cccc(CO)c1C. The minimum absolute atomic E-state index is 0.0350. The number of hydrogen-bond acceptors (Lipinski definition) is 3. The third-order valence-electron chi connectivity index (χ3n) is 3.31. The molecule has 0 radical (unpaired) electrons. The van der Waals surface area contributed by atoms with Crippen molar-refractivity contribution >= 4 is 10.0 Å². The molecule has 1 aromatic carbocycles. The molecule has 0 bridgehead atoms. The first-order valence-electron chi connectivity index (χ1n) is 6.67. The van der Waals surface area contributed by atoms with Crippen LogP contribution in [-0.4, -0.2) is 19.6 Å². The highest BCUT2D eigenvalue weighted by atomic mass is 32.2. The summed E-state index contributed by atoms with van der Waals surface area (Å²) in [5.74, 6) is 0. The number of benzene rings is 1. The summed E-state index contributed by atoms with van der Waals surface area (Å²) in [5, 5.41) is 9.21. The van der Waals surface area contributed by atoms with E-state index in [2.05, 4.69) is 4.72 Å². The van der Waals surface area contributed by atoms with Gasteiger partial charge in [-0.1, -0.05) is 32.4 Å². The molecule has 0 amide bonds. The Morgan fingerprint density at radius 2 is 2.00 bits per heavy atom. The lowest BCUT2D eigenvalue weighted by molar-refractivity contribution is 0.280. The van der Waals surface area contributed by atoms with Crippen LogP contribution in [-0.2, 0) is 16.6 Å². The summed E-state index contributed by atoms with van der Waals surface area (Å²) in [5.41, 5.74) is 1.26. The fraction of sp³-hybridized carbons (Fsp3) is 0.571. The Morgan fingerprint density at radius 1 is 1.32 bits per heavy atom. The van der Waals surface area contributed by atoms with Gasteiger partial charge in [0.1, 0.15) is 0 Å². The Hall–Kier alpha value is -0.910. The molecular weight excluding hydrogens is 262 g/mol. The summed E-state index contributed by atoms with van der Waals surface area (Å²) in [6.45, 7) is 5.58. The zero-order chi connectivity index (χ0) is 14.5. The molecule has 19 heavy (non-hydrogen) atoms. The first kappa shape index (κ1) is 16.1. The van der Waals surface area contributed by atoms with E-state index in [1.807, 2.05) is 13.8 Å². The third-order valence-corrected chi connectivity index (χ3v) is 4.97. The second-order valence-corrected chi connectivity index (χ2v) is 6.40. The summed E-state index contributed by atoms with van der Waals surface area (Å²) in [7, 11) is -3.52. The van der Waals surface area contributed by atoms with E-state index >= 15 is 0 Å². The molecule has 1 aromatic rings. The number of nitrogens with one attached hydrogen (secondary N) is 1. The predicted molar refractivity (Wildman–Crippen MR) is 76.4 cm³/mol. The second-order valence-electron chi connectivity index (χ2n) is 4.71. The molecule has 1 atom stereocenters. The Balaban J connectivity index is 3.06. The maximum Gasteiger partial charge on any atom is 0.241 e. The molecule has 0 aromatic heterocycles. The highest BCUT2D eigenvalue weighted by Gasteiger charge is 2.21. The van der Waals surface area contributed by atoms with Crippen LogP contribution in [0.4, 0.5) is 0 Å². The minimum Gasteiger partial charge on any atom is -0.392 e. The van der Waals surface area contributed by atoms with E-state index in [0.29, 0.717) is 11.1 Å². The average Bonchev–Trinajstić information content (AvgIpc) is 2.38. The number of aliphatic hydroxyl groups excluding tert-OH is 1. The minimum atomic E-state index is -3.52. The average molecular weight is 285 g/mol. The van der Waals surface area contributed by atoms with E-state index in [1.54, 1.807) is 25.1 Å². The highest BCUT2D eigenvalue weighted by Crippen LogP contribution is 2.20. The molecule has 108 valence electrons. The van der Waals surface area contributed by atoms with E-state index < -0.39 is 10.0 Å². The summed E-state index contributed by atoms with van der Waals surface area (Å²) < 4.78 is 27.5. The summed E-state index contributed by atoms with van der Waals surface area (Å²) in [4.78, 5) is 0.258. The van der Waals surface area contributed by atoms with Gasteiger partial charge in [-0.3, -0.25) is 0 Å². The van der Waals surface area contributed by atoms with E-state index in [-0.39, 0.29) is 17.5 Å². The molecular formula is C14H23NO3S. The Kier molecular flexibility index (Phi) is 5.97. The molecule has 1 rings (SSSR count). The lowest BCUT2D eigenvalue weighted by Gasteiger charge is -2.18. The summed E-state index contributed by atoms with van der Waals surface area (Å²) in [6.07, 6.45) is 2.54. The van der Waals surface area contributed by atoms with Gasteiger partial charge in [-0.05, 0) is 37.0 Å². The van der Waals surface area contributed by atoms with Crippen LogP contribution in [0.15, 0.2) is 23.1 Å². The van der Waals surface area contributed by atoms with Gasteiger partial charge in [-0.15, -0.1) is 0 Å². The number of sulfonamides is 1. The second kappa shape index (κ2) is 7.03. The monoisotopic (exact) mass is 285 g/mol. The van der Waals surface area contributed by atoms with Crippen molar-refractivity contribution in [3.05, 3.63) is 29.3 Å². The lowest BCUT2D eigenvalue weighted by Crippen LogP contribution is -2.34. The van der Waals surface area contributed by atoms with Gasteiger partial charge in [0.25, 0.3) is 0 Å². The van der Waals surface area contributed by atoms with Crippen molar-refractivity contribution in [1.29, 1.82) is 0 Å². The molecule has 5 heteroatoms. The van der Waals surface area contributed by atoms with Gasteiger partial charge in [0, 0.05) is 6.04 Å². The van der Waals surface area contributed by atoms with Gasteiger partial charge < -0.3 is 5.11 Å². The summed E-state index contributed by atoms with van der Waals surface area (Å²) in [6, 6.07) is 4.94. The molecule has 0 heterocycles. The molecule has 0 spiro atoms. The van der Waals surface area contributed by atoms with Crippen molar-refractivity contribution in [3.63, 3.8) is 0 Å². The van der Waals surface area contributed by atoms with Gasteiger partial charge in [-0.25, -0.2) is 13.1 Å². The lowest BCUT2D eigenvalue weighted by atomic mass is 10.1. The largest absolute Gasteiger partial charge is 0.392 e. The Bertz CT molecular complexity index is 511. The fourth-order valence-electron chi connectivity index (χ4n) is 2.10. The van der Waals surface area contributed by atoms with Crippen molar-refractivity contribution in [1.82, 2.24) is 4.72 Å². The van der Waals surface area contributed by atoms with Crippen molar-refractivity contribution in [3.8, 4) is 0 Å². The zero-order valence-corrected chi connectivity index (χ0v) is 12.6. The predicted octanol–water partition coefficient (Wildman–Crippen LogP) is 2.34. The first-order valence-corrected chi connectivity index (χ1v) is 8.16. The van der Waals surface area contributed by atoms with Crippen molar-refractivity contribution in [2.75, 3.05) is 0 Å². The van der Waals surface area contributed by atoms with Crippen LogP contribution in [0.25, 0.3) is 0 Å². The number of aliphatic hydroxyl groups is 1. The highest BCUT2D eigenvalue weighted by molar-refractivity contribution is 7.89. The number of hydrogen-bond donors (Lipinski definition) is 2. The van der Waals surface area contributed by atoms with Crippen LogP contribution in [0.3, 0.4) is 0 Å². The fourth-order valence-corrected chi connectivity index (χ4v) is 3.74. The normalized spacial score (nSPS) is 13.5. The Morgan fingerprint density at radius 3 is 2.53 bits per heavy atom. The van der Waals surface area contributed by atoms with Gasteiger partial charge in [0.2, 0.25) is 10.0 Å². The summed E-state index contributed by atoms with van der Waals surface area (Å²) >= 11 is 0. The maximum absolute atomic E-state index is 12.4. The van der Waals surface area contributed by atoms with E-state index in [1.165, 1.54) is 0 Å². The Labute approximate surface area is 115 Å². The van der Waals surface area contributed by atoms with Gasteiger partial charge in [0.15, 0.2) is 0 Å². The smallest absolute Gasteiger partial charge is 0.241 e. The van der Waals surface area contributed by atoms with Crippen LogP contribution < -0.4 is 4.72 Å². The molecule has 0 saturated heterocycles. The number of rotatable bonds is 7. The third kappa shape index (κ3) is 4.03. The van der Waals surface area contributed by atoms with E-state index in [9.17, 15) is 13.5 Å². The standard InChI is InChI=1S/C14H23NO3S/c1-4-7-13(5-2)15-19(17,18)14-9-6-8-12(10-16)11(14)3/h6,8-9,13,15-16H,4-5,7,10H2,1-3H3. The molecule has 0 aliphatic carbocycles. The first-order chi connectivity index (χ1) is 8.96. The quantitative estimate of drug-likeness (QED) is 0.808. The molecule has 0 fully saturated rings. The molecule has 0 saturated carbocycles. The van der Waals surface area contributed by atoms with Crippen LogP contribution in [0, 0.1) is 6.92 Å². The zero-order valence-electron chi connectivity index (χ0n) is 11.8. The van der Waals surface area contributed by atoms with E-state index in [4.69, 9.17) is 0 Å². The molecule has 1 unspecified atom stereocenters. The molecule has 0 aliphatic rings. The van der Waals surface area contributed by atoms with Crippen LogP contribution in [0.5, 0.6) is 0 Å². The van der Waals surface area contributed by atoms with Gasteiger partial charge in [0.05, 0.1) is 11.5 Å². The van der Waals surface area contributed by atoms with Gasteiger partial charge >= 0.3 is 0 Å². The van der Waals surface area contributed by atoms with Crippen LogP contribution in [0.2, 0.25) is 0 Å². The van der Waals surface area contributed by atoms with Gasteiger partial charge in [-0.2, -0.15) is 0 Å². The van der Waals surface area contributed by atoms with Crippen molar-refractivity contribution in [2.24, 2.45) is 0 Å². The molecule has 4 nitrogen and oxygen atoms in total. The van der Waals surface area contributed by atoms with Crippen LogP contribution in [0.1, 0.15) is 44.2 Å². The van der Waals surface area contributed by atoms with Crippen molar-refractivity contribution < 1.29 is 13.5 Å². The topological polar surface area (TPSA) is 66.4 Å². The molecule has 0 aliphatic heterocycles. The maximum atomic E-state index is 12.4.